The van der Waals surface area contributed by atoms with Gasteiger partial charge in [0.05, 0.1) is 0 Å². The second kappa shape index (κ2) is 3.52. The third kappa shape index (κ3) is 3.64. The molecule has 0 unspecified atom stereocenters. The third-order valence-electron chi connectivity index (χ3n) is 2.40. The number of alkyl halides is 1. The average Bonchev–Trinajstić information content (AvgIpc) is 1.76. The van der Waals surface area contributed by atoms with Crippen molar-refractivity contribution in [1.82, 2.24) is 5.32 Å². The van der Waals surface area contributed by atoms with Crippen LogP contribution in [0, 0.1) is 5.41 Å². The first-order valence-corrected chi connectivity index (χ1v) is 5.16. The predicted octanol–water partition coefficient (Wildman–Crippen LogP) is 2.43. The Morgan fingerprint density at radius 1 is 1.50 bits per heavy atom. The second-order valence-electron chi connectivity index (χ2n) is 5.82. The molecule has 82 valence electrons. The number of halogens is 1. The minimum Gasteiger partial charge on any atom is -0.353 e. The highest BCUT2D eigenvalue weighted by atomic mass is 19.1. The summed E-state index contributed by atoms with van der Waals surface area (Å²) in [7, 11) is 0. The Balaban J connectivity index is 2.24. The van der Waals surface area contributed by atoms with Gasteiger partial charge in [0.25, 0.3) is 0 Å². The van der Waals surface area contributed by atoms with Crippen molar-refractivity contribution in [2.45, 2.75) is 58.7 Å². The largest absolute Gasteiger partial charge is 0.353 e. The average molecular weight is 201 g/mol. The van der Waals surface area contributed by atoms with E-state index >= 15 is 0 Å². The van der Waals surface area contributed by atoms with Gasteiger partial charge in [0.2, 0.25) is 5.91 Å². The van der Waals surface area contributed by atoms with Gasteiger partial charge in [0.1, 0.15) is 5.67 Å². The molecule has 0 atom stereocenters. The molecule has 0 heterocycles. The molecule has 0 saturated heterocycles. The molecule has 0 aromatic rings. The van der Waals surface area contributed by atoms with Crippen LogP contribution < -0.4 is 5.32 Å². The summed E-state index contributed by atoms with van der Waals surface area (Å²) in [6.45, 7) is 7.64. The molecule has 2 nitrogen and oxygen atoms in total. The van der Waals surface area contributed by atoms with Crippen molar-refractivity contribution in [3.8, 4) is 0 Å². The summed E-state index contributed by atoms with van der Waals surface area (Å²) in [5, 5.41) is 2.85. The van der Waals surface area contributed by atoms with Crippen LogP contribution in [0.15, 0.2) is 0 Å². The molecule has 1 N–H and O–H groups in total. The van der Waals surface area contributed by atoms with E-state index in [9.17, 15) is 9.18 Å². The Morgan fingerprint density at radius 2 is 2.00 bits per heavy atom. The predicted molar refractivity (Wildman–Crippen MR) is 54.7 cm³/mol. The van der Waals surface area contributed by atoms with Gasteiger partial charge in [-0.25, -0.2) is 4.39 Å². The monoisotopic (exact) mass is 201 g/mol. The first-order valence-electron chi connectivity index (χ1n) is 5.16. The number of carbonyl (C=O) groups excluding carboxylic acids is 1. The number of nitrogens with one attached hydrogen (secondary N) is 1. The number of hydrogen-bond acceptors (Lipinski definition) is 1. The van der Waals surface area contributed by atoms with Crippen LogP contribution in [0.5, 0.6) is 0 Å². The second-order valence-corrected chi connectivity index (χ2v) is 5.82. The fourth-order valence-electron chi connectivity index (χ4n) is 1.83. The standard InChI is InChI=1S/C11H20FNO/c1-10(2,3)7-9(14)13-8-5-11(4,12)6-8/h8H,5-7H2,1-4H3,(H,13,14). The highest BCUT2D eigenvalue weighted by Gasteiger charge is 2.41. The van der Waals surface area contributed by atoms with Crippen molar-refractivity contribution in [2.24, 2.45) is 5.41 Å². The molecular weight excluding hydrogens is 181 g/mol. The first kappa shape index (κ1) is 11.5. The van der Waals surface area contributed by atoms with Crippen molar-refractivity contribution < 1.29 is 9.18 Å². The number of carbonyl (C=O) groups is 1. The Morgan fingerprint density at radius 3 is 2.36 bits per heavy atom. The summed E-state index contributed by atoms with van der Waals surface area (Å²) in [4.78, 5) is 11.4. The summed E-state index contributed by atoms with van der Waals surface area (Å²) >= 11 is 0. The quantitative estimate of drug-likeness (QED) is 0.730. The highest BCUT2D eigenvalue weighted by Crippen LogP contribution is 2.35. The van der Waals surface area contributed by atoms with E-state index in [0.717, 1.165) is 0 Å². The number of rotatable bonds is 2. The fraction of sp³-hybridized carbons (Fsp3) is 0.909. The van der Waals surface area contributed by atoms with Crippen molar-refractivity contribution in [3.05, 3.63) is 0 Å². The summed E-state index contributed by atoms with van der Waals surface area (Å²) in [5.41, 5.74) is -1.05. The molecule has 1 rings (SSSR count). The Hall–Kier alpha value is -0.600. The molecule has 1 aliphatic rings. The smallest absolute Gasteiger partial charge is 0.220 e. The van der Waals surface area contributed by atoms with Crippen LogP contribution in [0.2, 0.25) is 0 Å². The molecule has 0 radical (unpaired) electrons. The zero-order valence-electron chi connectivity index (χ0n) is 9.48. The Kier molecular flexibility index (Phi) is 2.88. The van der Waals surface area contributed by atoms with Crippen LogP contribution in [0.4, 0.5) is 4.39 Å². The van der Waals surface area contributed by atoms with Crippen LogP contribution in [0.1, 0.15) is 47.0 Å². The molecule has 14 heavy (non-hydrogen) atoms. The normalized spacial score (nSPS) is 32.2. The van der Waals surface area contributed by atoms with E-state index < -0.39 is 5.67 Å². The fourth-order valence-corrected chi connectivity index (χ4v) is 1.83. The zero-order chi connectivity index (χ0) is 11.0. The number of hydrogen-bond donors (Lipinski definition) is 1. The molecule has 1 amide bonds. The Bertz CT molecular complexity index is 222. The van der Waals surface area contributed by atoms with Crippen molar-refractivity contribution in [3.63, 3.8) is 0 Å². The Labute approximate surface area is 85.3 Å². The molecule has 0 aromatic heterocycles. The van der Waals surface area contributed by atoms with Gasteiger partial charge < -0.3 is 5.32 Å². The van der Waals surface area contributed by atoms with Gasteiger partial charge in [0, 0.05) is 25.3 Å². The van der Waals surface area contributed by atoms with Gasteiger partial charge in [-0.15, -0.1) is 0 Å². The molecule has 1 saturated carbocycles. The lowest BCUT2D eigenvalue weighted by Gasteiger charge is -2.39. The maximum atomic E-state index is 13.1. The summed E-state index contributed by atoms with van der Waals surface area (Å²) < 4.78 is 13.1. The lowest BCUT2D eigenvalue weighted by molar-refractivity contribution is -0.125. The lowest BCUT2D eigenvalue weighted by Crippen LogP contribution is -2.51. The van der Waals surface area contributed by atoms with E-state index in [0.29, 0.717) is 19.3 Å². The molecule has 0 bridgehead atoms. The molecular formula is C11H20FNO. The van der Waals surface area contributed by atoms with Crippen LogP contribution in [0.3, 0.4) is 0 Å². The van der Waals surface area contributed by atoms with Gasteiger partial charge >= 0.3 is 0 Å². The van der Waals surface area contributed by atoms with E-state index in [1.165, 1.54) is 0 Å². The van der Waals surface area contributed by atoms with Crippen LogP contribution in [0.25, 0.3) is 0 Å². The molecule has 1 aliphatic carbocycles. The van der Waals surface area contributed by atoms with Gasteiger partial charge in [-0.3, -0.25) is 4.79 Å². The van der Waals surface area contributed by atoms with Crippen molar-refractivity contribution >= 4 is 5.91 Å². The summed E-state index contributed by atoms with van der Waals surface area (Å²) in [6.07, 6.45) is 1.43. The maximum Gasteiger partial charge on any atom is 0.220 e. The number of amides is 1. The van der Waals surface area contributed by atoms with E-state index in [2.05, 4.69) is 5.32 Å². The maximum absolute atomic E-state index is 13.1. The molecule has 1 fully saturated rings. The van der Waals surface area contributed by atoms with Gasteiger partial charge in [-0.2, -0.15) is 0 Å². The van der Waals surface area contributed by atoms with E-state index in [1.807, 2.05) is 20.8 Å². The van der Waals surface area contributed by atoms with Gasteiger partial charge in [-0.05, 0) is 12.3 Å². The minimum absolute atomic E-state index is 0.00679. The zero-order valence-corrected chi connectivity index (χ0v) is 9.48. The molecule has 0 aliphatic heterocycles. The van der Waals surface area contributed by atoms with E-state index in [1.54, 1.807) is 6.92 Å². The molecule has 0 aromatic carbocycles. The van der Waals surface area contributed by atoms with Crippen LogP contribution >= 0.6 is 0 Å². The topological polar surface area (TPSA) is 29.1 Å². The summed E-state index contributed by atoms with van der Waals surface area (Å²) in [6, 6.07) is 0.0554. The van der Waals surface area contributed by atoms with E-state index in [-0.39, 0.29) is 17.4 Å². The van der Waals surface area contributed by atoms with Gasteiger partial charge in [-0.1, -0.05) is 20.8 Å². The SMILES string of the molecule is CC(C)(C)CC(=O)NC1CC(C)(F)C1. The van der Waals surface area contributed by atoms with E-state index in [4.69, 9.17) is 0 Å². The third-order valence-corrected chi connectivity index (χ3v) is 2.40. The minimum atomic E-state index is -1.06. The van der Waals surface area contributed by atoms with Crippen LogP contribution in [-0.4, -0.2) is 17.6 Å². The summed E-state index contributed by atoms with van der Waals surface area (Å²) in [5.74, 6) is 0.0398. The first-order chi connectivity index (χ1) is 6.18. The van der Waals surface area contributed by atoms with Gasteiger partial charge in [0.15, 0.2) is 0 Å². The van der Waals surface area contributed by atoms with Crippen molar-refractivity contribution in [1.29, 1.82) is 0 Å². The van der Waals surface area contributed by atoms with Crippen molar-refractivity contribution in [2.75, 3.05) is 0 Å². The molecule has 0 spiro atoms. The lowest BCUT2D eigenvalue weighted by atomic mass is 9.78. The van der Waals surface area contributed by atoms with Crippen LogP contribution in [-0.2, 0) is 4.79 Å². The highest BCUT2D eigenvalue weighted by molar-refractivity contribution is 5.77. The molecule has 3 heteroatoms.